The van der Waals surface area contributed by atoms with Crippen LogP contribution in [0.4, 0.5) is 0 Å². The van der Waals surface area contributed by atoms with Gasteiger partial charge in [-0.3, -0.25) is 0 Å². The van der Waals surface area contributed by atoms with E-state index in [2.05, 4.69) is 249 Å². The molecule has 0 heterocycles. The van der Waals surface area contributed by atoms with Crippen LogP contribution in [0.25, 0.3) is 98.0 Å². The molecule has 0 amide bonds. The Morgan fingerprint density at radius 2 is 0.792 bits per heavy atom. The quantitative estimate of drug-likeness (QED) is 0.0713. The lowest BCUT2D eigenvalue weighted by molar-refractivity contribution is 0.308. The number of unbranched alkanes of at least 4 members (excludes halogenated alkanes) is 2. The lowest BCUT2D eigenvalue weighted by atomic mass is 9.80. The van der Waals surface area contributed by atoms with Gasteiger partial charge >= 0.3 is 0 Å². The first-order chi connectivity index (χ1) is 34.9. The second kappa shape index (κ2) is 17.8. The molecule has 1 nitrogen and oxygen atoms in total. The topological polar surface area (TPSA) is 9.23 Å². The van der Waals surface area contributed by atoms with Gasteiger partial charge in [0.25, 0.3) is 0 Å². The molecule has 0 saturated heterocycles. The smallest absolute Gasteiger partial charge is 0.128 e. The zero-order chi connectivity index (χ0) is 49.3. The van der Waals surface area contributed by atoms with Crippen molar-refractivity contribution in [2.24, 2.45) is 0 Å². The predicted octanol–water partition coefficient (Wildman–Crippen LogP) is 20.0. The summed E-state index contributed by atoms with van der Waals surface area (Å²) >= 11 is 0. The van der Waals surface area contributed by atoms with Crippen LogP contribution < -0.4 is 4.74 Å². The maximum atomic E-state index is 7.07. The Bertz CT molecular complexity index is 3900. The van der Waals surface area contributed by atoms with Crippen LogP contribution >= 0.6 is 0 Å². The van der Waals surface area contributed by atoms with Crippen LogP contribution in [0.1, 0.15) is 101 Å². The zero-order valence-corrected chi connectivity index (χ0v) is 42.8. The van der Waals surface area contributed by atoms with Crippen LogP contribution in [0.2, 0.25) is 0 Å². The second-order valence-electron chi connectivity index (χ2n) is 22.2. The molecule has 0 aromatic heterocycles. The number of hydrogen-bond acceptors (Lipinski definition) is 1. The molecule has 0 unspecified atom stereocenters. The largest absolute Gasteiger partial charge is 0.493 e. The Morgan fingerprint density at radius 1 is 0.375 bits per heavy atom. The minimum atomic E-state index is 0.00976. The van der Waals surface area contributed by atoms with Gasteiger partial charge in [-0.2, -0.15) is 0 Å². The van der Waals surface area contributed by atoms with Crippen molar-refractivity contribution in [3.05, 3.63) is 234 Å². The molecule has 0 spiro atoms. The average molecular weight is 931 g/mol. The zero-order valence-electron chi connectivity index (χ0n) is 42.8. The molecule has 0 aliphatic carbocycles. The first-order valence-corrected chi connectivity index (χ1v) is 26.1. The summed E-state index contributed by atoms with van der Waals surface area (Å²) in [5.41, 5.74) is 14.7. The molecule has 352 valence electrons. The Labute approximate surface area is 425 Å². The third kappa shape index (κ3) is 7.87. The second-order valence-corrected chi connectivity index (χ2v) is 22.2. The van der Waals surface area contributed by atoms with E-state index in [9.17, 15) is 0 Å². The van der Waals surface area contributed by atoms with Crippen LogP contribution in [0.5, 0.6) is 5.75 Å². The summed E-state index contributed by atoms with van der Waals surface area (Å²) in [6.45, 7) is 16.8. The highest BCUT2D eigenvalue weighted by molar-refractivity contribution is 6.32. The summed E-state index contributed by atoms with van der Waals surface area (Å²) in [6, 6.07) is 75.5. The van der Waals surface area contributed by atoms with Gasteiger partial charge in [-0.25, -0.2) is 0 Å². The van der Waals surface area contributed by atoms with Gasteiger partial charge in [-0.1, -0.05) is 249 Å². The van der Waals surface area contributed by atoms with Gasteiger partial charge in [0, 0.05) is 5.56 Å². The summed E-state index contributed by atoms with van der Waals surface area (Å²) in [4.78, 5) is 0. The fourth-order valence-corrected chi connectivity index (χ4v) is 11.6. The lowest BCUT2D eigenvalue weighted by Crippen LogP contribution is -2.11. The highest BCUT2D eigenvalue weighted by Gasteiger charge is 2.26. The molecule has 0 aliphatic heterocycles. The SMILES string of the molecule is CCCCCOc1cc2ccc3cc(C(C)(C)C)cc4ccc(c1-c1cc(-c5ccc(C(=C(c6ccccc6)c6ccccc6)c6ccccc6)cc5)c5ccc6cc(C(C)(C)C)cc7ccc1c5c67)c2c34. The van der Waals surface area contributed by atoms with Crippen molar-refractivity contribution in [3.8, 4) is 28.0 Å². The number of ether oxygens (including phenoxy) is 1. The Morgan fingerprint density at radius 3 is 1.26 bits per heavy atom. The van der Waals surface area contributed by atoms with Crippen molar-refractivity contribution in [1.82, 2.24) is 0 Å². The lowest BCUT2D eigenvalue weighted by Gasteiger charge is -2.25. The molecule has 0 aliphatic rings. The fraction of sp³-hybridized carbons (Fsp3) is 0.183. The number of benzene rings is 12. The summed E-state index contributed by atoms with van der Waals surface area (Å²) in [6.07, 6.45) is 3.29. The van der Waals surface area contributed by atoms with Gasteiger partial charge < -0.3 is 4.74 Å². The van der Waals surface area contributed by atoms with Crippen molar-refractivity contribution in [3.63, 3.8) is 0 Å². The molecule has 72 heavy (non-hydrogen) atoms. The molecule has 0 fully saturated rings. The van der Waals surface area contributed by atoms with Crippen molar-refractivity contribution in [1.29, 1.82) is 0 Å². The third-order valence-corrected chi connectivity index (χ3v) is 15.3. The monoisotopic (exact) mass is 930 g/mol. The molecular formula is C71H62O. The molecule has 0 radical (unpaired) electrons. The fourth-order valence-electron chi connectivity index (χ4n) is 11.6. The van der Waals surface area contributed by atoms with Gasteiger partial charge in [0.2, 0.25) is 0 Å². The number of hydrogen-bond donors (Lipinski definition) is 0. The highest BCUT2D eigenvalue weighted by atomic mass is 16.5. The third-order valence-electron chi connectivity index (χ3n) is 15.3. The molecule has 0 atom stereocenters. The molecule has 0 bridgehead atoms. The van der Waals surface area contributed by atoms with E-state index in [-0.39, 0.29) is 10.8 Å². The molecule has 12 aromatic rings. The van der Waals surface area contributed by atoms with Crippen molar-refractivity contribution >= 4 is 75.8 Å². The van der Waals surface area contributed by atoms with E-state index in [1.54, 1.807) is 0 Å². The Hall–Kier alpha value is -7.74. The number of rotatable bonds is 11. The van der Waals surface area contributed by atoms with Crippen LogP contribution in [0.3, 0.4) is 0 Å². The van der Waals surface area contributed by atoms with Crippen LogP contribution in [-0.4, -0.2) is 6.61 Å². The van der Waals surface area contributed by atoms with Crippen LogP contribution in [0, 0.1) is 0 Å². The Balaban J connectivity index is 1.15. The van der Waals surface area contributed by atoms with Gasteiger partial charge in [0.15, 0.2) is 0 Å². The van der Waals surface area contributed by atoms with Gasteiger partial charge in [-0.05, 0) is 155 Å². The summed E-state index contributed by atoms with van der Waals surface area (Å²) in [5, 5.41) is 15.4. The summed E-state index contributed by atoms with van der Waals surface area (Å²) in [7, 11) is 0. The van der Waals surface area contributed by atoms with E-state index in [0.717, 1.165) is 25.0 Å². The van der Waals surface area contributed by atoms with Gasteiger partial charge in [0.05, 0.1) is 6.61 Å². The molecule has 12 aromatic carbocycles. The van der Waals surface area contributed by atoms with Crippen molar-refractivity contribution < 1.29 is 4.74 Å². The van der Waals surface area contributed by atoms with Gasteiger partial charge in [-0.15, -0.1) is 0 Å². The average Bonchev–Trinajstić information content (AvgIpc) is 3.40. The molecular weight excluding hydrogens is 869 g/mol. The molecule has 1 heteroatoms. The summed E-state index contributed by atoms with van der Waals surface area (Å²) < 4.78 is 7.07. The predicted molar refractivity (Wildman–Crippen MR) is 311 cm³/mol. The maximum Gasteiger partial charge on any atom is 0.128 e. The van der Waals surface area contributed by atoms with E-state index in [0.29, 0.717) is 6.61 Å². The van der Waals surface area contributed by atoms with Crippen LogP contribution in [-0.2, 0) is 10.8 Å². The van der Waals surface area contributed by atoms with E-state index >= 15 is 0 Å². The molecule has 0 N–H and O–H groups in total. The van der Waals surface area contributed by atoms with Gasteiger partial charge in [0.1, 0.15) is 5.75 Å². The van der Waals surface area contributed by atoms with E-state index < -0.39 is 0 Å². The normalized spacial score (nSPS) is 12.3. The maximum absolute atomic E-state index is 7.07. The van der Waals surface area contributed by atoms with E-state index in [1.807, 2.05) is 0 Å². The van der Waals surface area contributed by atoms with Crippen molar-refractivity contribution in [2.45, 2.75) is 78.6 Å². The van der Waals surface area contributed by atoms with Crippen molar-refractivity contribution in [2.75, 3.05) is 6.61 Å². The standard InChI is InChI=1S/C71H62O/c1-8-9-19-38-72-62-43-54-31-30-50-39-55(70(2,3)4)40-51-34-37-59(67(54)65(50)51)68(62)61-44-60(57-35-32-52-41-56(71(5,6)7)42-53-33-36-58(61)69(57)66(52)53)45-26-28-49(29-27-45)64(48-24-17-12-18-25-48)63(46-20-13-10-14-21-46)47-22-15-11-16-23-47/h10-18,20-37,39-44H,8-9,19,38H2,1-7H3. The molecule has 12 rings (SSSR count). The first kappa shape index (κ1) is 45.4. The minimum Gasteiger partial charge on any atom is -0.493 e. The van der Waals surface area contributed by atoms with E-state index in [4.69, 9.17) is 4.74 Å². The highest BCUT2D eigenvalue weighted by Crippen LogP contribution is 2.51. The Kier molecular flexibility index (Phi) is 11.2. The molecule has 0 saturated carbocycles. The first-order valence-electron chi connectivity index (χ1n) is 26.1. The minimum absolute atomic E-state index is 0.00976. The summed E-state index contributed by atoms with van der Waals surface area (Å²) in [5.74, 6) is 0.950. The van der Waals surface area contributed by atoms with E-state index in [1.165, 1.54) is 131 Å². The van der Waals surface area contributed by atoms with Crippen LogP contribution in [0.15, 0.2) is 200 Å².